The van der Waals surface area contributed by atoms with Gasteiger partial charge >= 0.3 is 0 Å². The van der Waals surface area contributed by atoms with Crippen LogP contribution in [0.1, 0.15) is 12.8 Å². The second-order valence-corrected chi connectivity index (χ2v) is 6.60. The van der Waals surface area contributed by atoms with Crippen LogP contribution in [0.4, 0.5) is 4.39 Å². The minimum atomic E-state index is -0.396. The maximum Gasteiger partial charge on any atom is 0.280 e. The van der Waals surface area contributed by atoms with E-state index in [1.165, 1.54) is 17.8 Å². The standard InChI is InChI=1S/C15H10BrFN4O2S/c1-7-8(2)18-15(20-14(7)22)24-6-12-19-13(21-23-12)9-3-4-11(17)10(16)5-9/h3-5H,1,6H2,2H3. The maximum atomic E-state index is 13.3. The van der Waals surface area contributed by atoms with E-state index in [2.05, 4.69) is 42.6 Å². The van der Waals surface area contributed by atoms with E-state index in [1.54, 1.807) is 19.1 Å². The number of halogens is 2. The molecule has 0 N–H and O–H groups in total. The lowest BCUT2D eigenvalue weighted by Gasteiger charge is -2.08. The van der Waals surface area contributed by atoms with Gasteiger partial charge in [-0.05, 0) is 41.1 Å². The highest BCUT2D eigenvalue weighted by molar-refractivity contribution is 9.10. The summed E-state index contributed by atoms with van der Waals surface area (Å²) in [7, 11) is 0. The number of amides is 1. The van der Waals surface area contributed by atoms with E-state index in [9.17, 15) is 9.18 Å². The van der Waals surface area contributed by atoms with Crippen LogP contribution in [0.2, 0.25) is 0 Å². The van der Waals surface area contributed by atoms with Gasteiger partial charge in [0.2, 0.25) is 11.7 Å². The van der Waals surface area contributed by atoms with Crippen LogP contribution < -0.4 is 0 Å². The van der Waals surface area contributed by atoms with Crippen LogP contribution in [0.3, 0.4) is 0 Å². The number of rotatable bonds is 3. The quantitative estimate of drug-likeness (QED) is 0.721. The maximum absolute atomic E-state index is 13.3. The van der Waals surface area contributed by atoms with Gasteiger partial charge in [-0.25, -0.2) is 9.38 Å². The molecule has 0 aliphatic carbocycles. The topological polar surface area (TPSA) is 80.7 Å². The van der Waals surface area contributed by atoms with Gasteiger partial charge in [-0.3, -0.25) is 4.79 Å². The van der Waals surface area contributed by atoms with Crippen molar-refractivity contribution in [2.75, 3.05) is 0 Å². The van der Waals surface area contributed by atoms with E-state index in [0.717, 1.165) is 0 Å². The molecule has 1 aromatic heterocycles. The summed E-state index contributed by atoms with van der Waals surface area (Å²) in [4.78, 5) is 23.9. The van der Waals surface area contributed by atoms with Crippen molar-refractivity contribution in [3.63, 3.8) is 0 Å². The Morgan fingerprint density at radius 2 is 2.17 bits per heavy atom. The highest BCUT2D eigenvalue weighted by Gasteiger charge is 2.18. The predicted molar refractivity (Wildman–Crippen MR) is 93.4 cm³/mol. The minimum Gasteiger partial charge on any atom is -0.338 e. The fraction of sp³-hybridized carbons (Fsp3) is 0.133. The van der Waals surface area contributed by atoms with Crippen LogP contribution in [0.15, 0.2) is 49.3 Å². The summed E-state index contributed by atoms with van der Waals surface area (Å²) < 4.78 is 18.7. The summed E-state index contributed by atoms with van der Waals surface area (Å²) in [6.45, 7) is 5.31. The van der Waals surface area contributed by atoms with Gasteiger partial charge < -0.3 is 4.52 Å². The Labute approximate surface area is 149 Å². The molecule has 24 heavy (non-hydrogen) atoms. The van der Waals surface area contributed by atoms with E-state index >= 15 is 0 Å². The molecule has 0 unspecified atom stereocenters. The predicted octanol–water partition coefficient (Wildman–Crippen LogP) is 3.78. The Bertz CT molecular complexity index is 907. The van der Waals surface area contributed by atoms with Crippen molar-refractivity contribution in [2.24, 2.45) is 9.98 Å². The lowest BCUT2D eigenvalue weighted by molar-refractivity contribution is -0.113. The summed E-state index contributed by atoms with van der Waals surface area (Å²) in [6.07, 6.45) is 0. The highest BCUT2D eigenvalue weighted by atomic mass is 79.9. The Balaban J connectivity index is 1.71. The van der Waals surface area contributed by atoms with Gasteiger partial charge in [0, 0.05) is 5.56 Å². The van der Waals surface area contributed by atoms with Crippen LogP contribution >= 0.6 is 27.7 Å². The molecular weight excluding hydrogens is 399 g/mol. The Morgan fingerprint density at radius 3 is 2.88 bits per heavy atom. The van der Waals surface area contributed by atoms with Gasteiger partial charge in [-0.1, -0.05) is 23.5 Å². The number of benzene rings is 1. The van der Waals surface area contributed by atoms with Crippen molar-refractivity contribution in [1.29, 1.82) is 0 Å². The molecule has 9 heteroatoms. The van der Waals surface area contributed by atoms with Gasteiger partial charge in [-0.15, -0.1) is 0 Å². The molecule has 1 aliphatic heterocycles. The van der Waals surface area contributed by atoms with Crippen LogP contribution in [0.5, 0.6) is 0 Å². The molecule has 1 aromatic carbocycles. The first-order chi connectivity index (χ1) is 11.4. The number of nitrogens with zero attached hydrogens (tertiary/aromatic N) is 4. The van der Waals surface area contributed by atoms with Crippen molar-refractivity contribution < 1.29 is 13.7 Å². The monoisotopic (exact) mass is 408 g/mol. The van der Waals surface area contributed by atoms with Crippen molar-refractivity contribution in [1.82, 2.24) is 10.1 Å². The first-order valence-corrected chi connectivity index (χ1v) is 8.50. The molecule has 0 bridgehead atoms. The average molecular weight is 409 g/mol. The molecule has 0 atom stereocenters. The third-order valence-electron chi connectivity index (χ3n) is 3.13. The molecule has 1 amide bonds. The van der Waals surface area contributed by atoms with E-state index in [4.69, 9.17) is 4.52 Å². The van der Waals surface area contributed by atoms with E-state index in [0.29, 0.717) is 44.0 Å². The van der Waals surface area contributed by atoms with Gasteiger partial charge in [0.05, 0.1) is 21.5 Å². The van der Waals surface area contributed by atoms with Crippen molar-refractivity contribution in [3.05, 3.63) is 46.5 Å². The fourth-order valence-corrected chi connectivity index (χ4v) is 2.90. The van der Waals surface area contributed by atoms with Gasteiger partial charge in [0.1, 0.15) is 5.82 Å². The molecule has 0 saturated heterocycles. The molecule has 0 fully saturated rings. The zero-order valence-corrected chi connectivity index (χ0v) is 14.8. The third kappa shape index (κ3) is 3.51. The number of aliphatic imine (C=N–C) groups is 2. The number of amidine groups is 1. The van der Waals surface area contributed by atoms with Crippen LogP contribution in [-0.2, 0) is 10.5 Å². The second-order valence-electron chi connectivity index (χ2n) is 4.80. The Kier molecular flexibility index (Phi) is 4.72. The number of carbonyl (C=O) groups is 1. The Morgan fingerprint density at radius 1 is 1.38 bits per heavy atom. The summed E-state index contributed by atoms with van der Waals surface area (Å²) in [6, 6.07) is 4.45. The minimum absolute atomic E-state index is 0.293. The summed E-state index contributed by atoms with van der Waals surface area (Å²) in [5, 5.41) is 4.19. The lowest BCUT2D eigenvalue weighted by Crippen LogP contribution is -2.15. The van der Waals surface area contributed by atoms with Crippen LogP contribution in [-0.4, -0.2) is 26.9 Å². The van der Waals surface area contributed by atoms with E-state index in [-0.39, 0.29) is 5.82 Å². The van der Waals surface area contributed by atoms with E-state index < -0.39 is 5.91 Å². The zero-order chi connectivity index (χ0) is 17.3. The number of thioether (sulfide) groups is 1. The number of hydrogen-bond donors (Lipinski definition) is 0. The lowest BCUT2D eigenvalue weighted by atomic mass is 10.2. The number of hydrogen-bond acceptors (Lipinski definition) is 6. The smallest absolute Gasteiger partial charge is 0.280 e. The largest absolute Gasteiger partial charge is 0.338 e. The molecular formula is C15H10BrFN4O2S. The average Bonchev–Trinajstić information content (AvgIpc) is 3.02. The van der Waals surface area contributed by atoms with Gasteiger partial charge in [0.25, 0.3) is 5.91 Å². The summed E-state index contributed by atoms with van der Waals surface area (Å²) in [5.41, 5.74) is 1.46. The summed E-state index contributed by atoms with van der Waals surface area (Å²) >= 11 is 4.32. The second kappa shape index (κ2) is 6.78. The van der Waals surface area contributed by atoms with Crippen LogP contribution in [0.25, 0.3) is 11.4 Å². The van der Waals surface area contributed by atoms with Gasteiger partial charge in [0.15, 0.2) is 5.17 Å². The third-order valence-corrected chi connectivity index (χ3v) is 4.57. The molecule has 0 spiro atoms. The molecule has 3 rings (SSSR count). The molecule has 2 heterocycles. The molecule has 0 radical (unpaired) electrons. The molecule has 6 nitrogen and oxygen atoms in total. The highest BCUT2D eigenvalue weighted by Crippen LogP contribution is 2.24. The SMILES string of the molecule is C=C1C(=O)N=C(SCc2nc(-c3ccc(F)c(Br)c3)no2)N=C1C. The summed E-state index contributed by atoms with van der Waals surface area (Å²) in [5.74, 6) is 0.245. The fourth-order valence-electron chi connectivity index (χ4n) is 1.80. The number of carbonyl (C=O) groups excluding carboxylic acids is 1. The van der Waals surface area contributed by atoms with Crippen molar-refractivity contribution in [3.8, 4) is 11.4 Å². The van der Waals surface area contributed by atoms with Crippen molar-refractivity contribution in [2.45, 2.75) is 12.7 Å². The zero-order valence-electron chi connectivity index (χ0n) is 12.4. The molecule has 0 saturated carbocycles. The first kappa shape index (κ1) is 16.7. The van der Waals surface area contributed by atoms with Crippen molar-refractivity contribution >= 4 is 44.5 Å². The number of aromatic nitrogens is 2. The van der Waals surface area contributed by atoms with E-state index in [1.807, 2.05) is 0 Å². The van der Waals surface area contributed by atoms with Crippen LogP contribution in [0, 0.1) is 5.82 Å². The molecule has 122 valence electrons. The molecule has 1 aliphatic rings. The molecule has 2 aromatic rings. The normalized spacial score (nSPS) is 14.6. The Hall–Kier alpha value is -2.13. The first-order valence-electron chi connectivity index (χ1n) is 6.72. The van der Waals surface area contributed by atoms with Gasteiger partial charge in [-0.2, -0.15) is 9.98 Å².